The molecule has 0 spiro atoms. The first-order chi connectivity index (χ1) is 15.6. The highest BCUT2D eigenvalue weighted by Gasteiger charge is 2.17. The van der Waals surface area contributed by atoms with E-state index in [0.717, 1.165) is 56.1 Å². The molecule has 0 amide bonds. The molecule has 5 nitrogen and oxygen atoms in total. The van der Waals surface area contributed by atoms with Gasteiger partial charge in [0.2, 0.25) is 0 Å². The molecule has 0 bridgehead atoms. The smallest absolute Gasteiger partial charge is 0.135 e. The lowest BCUT2D eigenvalue weighted by atomic mass is 9.97. The average Bonchev–Trinajstić information content (AvgIpc) is 3.41. The zero-order chi connectivity index (χ0) is 22.1. The quantitative estimate of drug-likeness (QED) is 0.338. The van der Waals surface area contributed by atoms with Gasteiger partial charge < -0.3 is 4.98 Å². The molecule has 4 heterocycles. The van der Waals surface area contributed by atoms with Crippen LogP contribution in [0.4, 0.5) is 4.39 Å². The molecule has 0 saturated carbocycles. The summed E-state index contributed by atoms with van der Waals surface area (Å²) in [6.45, 7) is 5.81. The van der Waals surface area contributed by atoms with Gasteiger partial charge in [-0.25, -0.2) is 9.37 Å². The summed E-state index contributed by atoms with van der Waals surface area (Å²) in [5, 5.41) is 7.57. The van der Waals surface area contributed by atoms with Gasteiger partial charge in [-0.05, 0) is 60.5 Å². The Morgan fingerprint density at radius 3 is 2.78 bits per heavy atom. The normalized spacial score (nSPS) is 11.8. The number of halogens is 1. The van der Waals surface area contributed by atoms with E-state index in [0.29, 0.717) is 0 Å². The standard InChI is InChI=1S/C26H20FN5/c1-3-6-20(17-7-4-9-19(27)13-17)21-14-24(29-16(21)2)26-25-23(31-32-26)11-10-22(30-25)18-8-5-12-28-15-18/h3-15,29H,1H2,2H3,(H,31,32)/b20-6-. The van der Waals surface area contributed by atoms with Gasteiger partial charge in [0, 0.05) is 29.2 Å². The molecule has 0 unspecified atom stereocenters. The lowest BCUT2D eigenvalue weighted by molar-refractivity contribution is 0.627. The second-order valence-corrected chi connectivity index (χ2v) is 7.45. The van der Waals surface area contributed by atoms with Crippen molar-refractivity contribution in [1.82, 2.24) is 25.1 Å². The van der Waals surface area contributed by atoms with Crippen LogP contribution in [0.3, 0.4) is 0 Å². The molecule has 32 heavy (non-hydrogen) atoms. The van der Waals surface area contributed by atoms with Gasteiger partial charge in [-0.1, -0.05) is 30.9 Å². The highest BCUT2D eigenvalue weighted by Crippen LogP contribution is 2.33. The first-order valence-electron chi connectivity index (χ1n) is 10.2. The first-order valence-corrected chi connectivity index (χ1v) is 10.2. The number of aromatic amines is 2. The van der Waals surface area contributed by atoms with Gasteiger partial charge in [-0.2, -0.15) is 5.10 Å². The monoisotopic (exact) mass is 421 g/mol. The fourth-order valence-electron chi connectivity index (χ4n) is 3.84. The van der Waals surface area contributed by atoms with E-state index in [2.05, 4.69) is 26.7 Å². The summed E-state index contributed by atoms with van der Waals surface area (Å²) in [5.74, 6) is -0.281. The van der Waals surface area contributed by atoms with Gasteiger partial charge in [-0.3, -0.25) is 10.1 Å². The molecule has 0 atom stereocenters. The summed E-state index contributed by atoms with van der Waals surface area (Å²) < 4.78 is 13.9. The molecule has 156 valence electrons. The Kier molecular flexibility index (Phi) is 4.95. The minimum absolute atomic E-state index is 0.281. The lowest BCUT2D eigenvalue weighted by Crippen LogP contribution is -1.89. The van der Waals surface area contributed by atoms with Crippen LogP contribution in [0.15, 0.2) is 85.7 Å². The second-order valence-electron chi connectivity index (χ2n) is 7.45. The number of benzene rings is 1. The van der Waals surface area contributed by atoms with Crippen LogP contribution >= 0.6 is 0 Å². The SMILES string of the molecule is C=C/C=C(/c1cccc(F)c1)c1cc(-c2n[nH]c3ccc(-c4cccnc4)nc23)[nH]c1C. The number of nitrogens with one attached hydrogen (secondary N) is 2. The largest absolute Gasteiger partial charge is 0.357 e. The number of hydrogen-bond donors (Lipinski definition) is 2. The Labute approximate surface area is 184 Å². The fraction of sp³-hybridized carbons (Fsp3) is 0.0385. The van der Waals surface area contributed by atoms with Crippen LogP contribution < -0.4 is 0 Å². The number of H-pyrrole nitrogens is 2. The summed E-state index contributed by atoms with van der Waals surface area (Å²) in [7, 11) is 0. The van der Waals surface area contributed by atoms with E-state index >= 15 is 0 Å². The number of aromatic nitrogens is 5. The summed E-state index contributed by atoms with van der Waals surface area (Å²) in [6.07, 6.45) is 7.12. The van der Waals surface area contributed by atoms with Crippen LogP contribution in [0.25, 0.3) is 39.3 Å². The van der Waals surface area contributed by atoms with E-state index in [9.17, 15) is 4.39 Å². The minimum Gasteiger partial charge on any atom is -0.357 e. The zero-order valence-corrected chi connectivity index (χ0v) is 17.4. The van der Waals surface area contributed by atoms with E-state index in [1.54, 1.807) is 24.5 Å². The number of allylic oxidation sites excluding steroid dienone is 2. The molecule has 0 radical (unpaired) electrons. The Bertz CT molecular complexity index is 1460. The van der Waals surface area contributed by atoms with Gasteiger partial charge in [0.1, 0.15) is 17.0 Å². The van der Waals surface area contributed by atoms with E-state index < -0.39 is 0 Å². The Morgan fingerprint density at radius 1 is 1.09 bits per heavy atom. The third-order valence-corrected chi connectivity index (χ3v) is 5.35. The first kappa shape index (κ1) is 19.6. The van der Waals surface area contributed by atoms with Crippen molar-refractivity contribution in [3.8, 4) is 22.6 Å². The van der Waals surface area contributed by atoms with Gasteiger partial charge in [0.05, 0.1) is 16.9 Å². The van der Waals surface area contributed by atoms with Gasteiger partial charge >= 0.3 is 0 Å². The maximum Gasteiger partial charge on any atom is 0.135 e. The van der Waals surface area contributed by atoms with E-state index in [1.165, 1.54) is 12.1 Å². The molecule has 5 rings (SSSR count). The third-order valence-electron chi connectivity index (χ3n) is 5.35. The van der Waals surface area contributed by atoms with Crippen molar-refractivity contribution in [3.05, 3.63) is 108 Å². The number of hydrogen-bond acceptors (Lipinski definition) is 3. The van der Waals surface area contributed by atoms with Crippen molar-refractivity contribution >= 4 is 16.6 Å². The van der Waals surface area contributed by atoms with Gasteiger partial charge in [-0.15, -0.1) is 0 Å². The molecule has 1 aromatic carbocycles. The number of nitrogens with zero attached hydrogens (tertiary/aromatic N) is 3. The highest BCUT2D eigenvalue weighted by molar-refractivity contribution is 5.92. The number of pyridine rings is 2. The minimum atomic E-state index is -0.281. The predicted molar refractivity (Wildman–Crippen MR) is 125 cm³/mol. The summed E-state index contributed by atoms with van der Waals surface area (Å²) in [5.41, 5.74) is 8.46. The number of rotatable bonds is 5. The van der Waals surface area contributed by atoms with Crippen LogP contribution in [-0.2, 0) is 0 Å². The van der Waals surface area contributed by atoms with Crippen molar-refractivity contribution in [3.63, 3.8) is 0 Å². The maximum atomic E-state index is 13.9. The zero-order valence-electron chi connectivity index (χ0n) is 17.4. The molecular formula is C26H20FN5. The Balaban J connectivity index is 1.62. The molecular weight excluding hydrogens is 401 g/mol. The fourth-order valence-corrected chi connectivity index (χ4v) is 3.84. The van der Waals surface area contributed by atoms with Crippen LogP contribution in [0, 0.1) is 12.7 Å². The van der Waals surface area contributed by atoms with Crippen molar-refractivity contribution in [2.75, 3.05) is 0 Å². The van der Waals surface area contributed by atoms with Crippen molar-refractivity contribution in [2.24, 2.45) is 0 Å². The highest BCUT2D eigenvalue weighted by atomic mass is 19.1. The molecule has 0 aliphatic heterocycles. The van der Waals surface area contributed by atoms with Crippen molar-refractivity contribution < 1.29 is 4.39 Å². The summed E-state index contributed by atoms with van der Waals surface area (Å²) in [4.78, 5) is 12.4. The third kappa shape index (κ3) is 3.52. The predicted octanol–water partition coefficient (Wildman–Crippen LogP) is 6.08. The molecule has 0 saturated heterocycles. The van der Waals surface area contributed by atoms with Crippen LogP contribution in [0.2, 0.25) is 0 Å². The van der Waals surface area contributed by atoms with Crippen LogP contribution in [0.5, 0.6) is 0 Å². The van der Waals surface area contributed by atoms with Crippen molar-refractivity contribution in [1.29, 1.82) is 0 Å². The number of fused-ring (bicyclic) bond motifs is 1. The Morgan fingerprint density at radius 2 is 2.00 bits per heavy atom. The lowest BCUT2D eigenvalue weighted by Gasteiger charge is -2.07. The van der Waals surface area contributed by atoms with Crippen molar-refractivity contribution in [2.45, 2.75) is 6.92 Å². The molecule has 0 aliphatic carbocycles. The molecule has 0 aliphatic rings. The van der Waals surface area contributed by atoms with Crippen LogP contribution in [-0.4, -0.2) is 25.1 Å². The molecule has 6 heteroatoms. The molecule has 2 N–H and O–H groups in total. The van der Waals surface area contributed by atoms with Gasteiger partial charge in [0.25, 0.3) is 0 Å². The second kappa shape index (κ2) is 8.07. The summed E-state index contributed by atoms with van der Waals surface area (Å²) in [6, 6.07) is 16.3. The Hall–Kier alpha value is -4.32. The van der Waals surface area contributed by atoms with E-state index in [4.69, 9.17) is 4.98 Å². The average molecular weight is 421 g/mol. The van der Waals surface area contributed by atoms with Crippen LogP contribution in [0.1, 0.15) is 16.8 Å². The molecule has 0 fully saturated rings. The maximum absolute atomic E-state index is 13.9. The number of aryl methyl sites for hydroxylation is 1. The van der Waals surface area contributed by atoms with Gasteiger partial charge in [0.15, 0.2) is 0 Å². The van der Waals surface area contributed by atoms with E-state index in [1.807, 2.05) is 49.4 Å². The topological polar surface area (TPSA) is 70.2 Å². The summed E-state index contributed by atoms with van der Waals surface area (Å²) >= 11 is 0. The molecule has 4 aromatic heterocycles. The van der Waals surface area contributed by atoms with E-state index in [-0.39, 0.29) is 5.82 Å². The molecule has 5 aromatic rings.